The van der Waals surface area contributed by atoms with Gasteiger partial charge in [-0.05, 0) is 59.2 Å². The quantitative estimate of drug-likeness (QED) is 0.810. The molecule has 1 aliphatic carbocycles. The number of thiophene rings is 1. The second-order valence-corrected chi connectivity index (χ2v) is 6.19. The molecule has 1 aliphatic rings. The topological polar surface area (TPSA) is 12.0 Å². The number of rotatable bonds is 6. The highest BCUT2D eigenvalue weighted by Crippen LogP contribution is 2.54. The van der Waals surface area contributed by atoms with E-state index in [9.17, 15) is 0 Å². The molecule has 3 rings (SSSR count). The molecule has 1 aromatic carbocycles. The van der Waals surface area contributed by atoms with Crippen LogP contribution in [0.4, 0.5) is 0 Å². The van der Waals surface area contributed by atoms with Gasteiger partial charge in [0.15, 0.2) is 0 Å². The summed E-state index contributed by atoms with van der Waals surface area (Å²) in [4.78, 5) is 0. The molecule has 0 radical (unpaired) electrons. The molecule has 0 aliphatic heterocycles. The molecule has 2 aromatic rings. The maximum Gasteiger partial charge on any atom is 0.0362 e. The van der Waals surface area contributed by atoms with Crippen molar-refractivity contribution >= 4 is 11.3 Å². The minimum absolute atomic E-state index is 0.538. The third kappa shape index (κ3) is 2.90. The van der Waals surface area contributed by atoms with E-state index in [0.29, 0.717) is 6.04 Å². The van der Waals surface area contributed by atoms with E-state index in [0.717, 1.165) is 18.4 Å². The fraction of sp³-hybridized carbons (Fsp3) is 0.412. The van der Waals surface area contributed by atoms with Crippen LogP contribution in [0.3, 0.4) is 0 Å². The van der Waals surface area contributed by atoms with Crippen LogP contribution in [-0.4, -0.2) is 6.54 Å². The van der Waals surface area contributed by atoms with Crippen molar-refractivity contribution in [3.8, 4) is 0 Å². The first kappa shape index (κ1) is 12.9. The molecule has 1 N–H and O–H groups in total. The van der Waals surface area contributed by atoms with Crippen LogP contribution < -0.4 is 5.32 Å². The van der Waals surface area contributed by atoms with Crippen LogP contribution >= 0.6 is 11.3 Å². The summed E-state index contributed by atoms with van der Waals surface area (Å²) < 4.78 is 0. The van der Waals surface area contributed by atoms with Gasteiger partial charge in [0.05, 0.1) is 0 Å². The fourth-order valence-corrected chi connectivity index (χ4v) is 3.63. The largest absolute Gasteiger partial charge is 0.310 e. The van der Waals surface area contributed by atoms with E-state index in [1.807, 2.05) is 0 Å². The van der Waals surface area contributed by atoms with Gasteiger partial charge in [0, 0.05) is 6.04 Å². The molecule has 1 fully saturated rings. The molecule has 1 aromatic heterocycles. The van der Waals surface area contributed by atoms with Crippen molar-refractivity contribution in [2.45, 2.75) is 31.7 Å². The maximum atomic E-state index is 3.74. The third-order valence-corrected chi connectivity index (χ3v) is 4.71. The summed E-state index contributed by atoms with van der Waals surface area (Å²) in [5, 5.41) is 8.23. The van der Waals surface area contributed by atoms with E-state index in [1.54, 1.807) is 11.3 Å². The summed E-state index contributed by atoms with van der Waals surface area (Å²) in [7, 11) is 0. The number of nitrogens with one attached hydrogen (secondary N) is 1. The van der Waals surface area contributed by atoms with Crippen LogP contribution in [0.15, 0.2) is 47.2 Å². The molecule has 1 saturated carbocycles. The van der Waals surface area contributed by atoms with Gasteiger partial charge in [-0.1, -0.05) is 37.3 Å². The predicted molar refractivity (Wildman–Crippen MR) is 82.6 cm³/mol. The van der Waals surface area contributed by atoms with E-state index in [2.05, 4.69) is 59.4 Å². The van der Waals surface area contributed by atoms with Gasteiger partial charge < -0.3 is 5.32 Å². The highest BCUT2D eigenvalue weighted by Gasteiger charge is 2.44. The molecule has 3 atom stereocenters. The lowest BCUT2D eigenvalue weighted by Gasteiger charge is -2.18. The van der Waals surface area contributed by atoms with Crippen molar-refractivity contribution in [3.05, 3.63) is 58.3 Å². The maximum absolute atomic E-state index is 3.74. The summed E-state index contributed by atoms with van der Waals surface area (Å²) in [6, 6.07) is 13.8. The normalized spacial score (nSPS) is 23.2. The highest BCUT2D eigenvalue weighted by molar-refractivity contribution is 7.07. The molecule has 0 saturated heterocycles. The van der Waals surface area contributed by atoms with Gasteiger partial charge in [-0.15, -0.1) is 0 Å². The average Bonchev–Trinajstić information content (AvgIpc) is 3.05. The van der Waals surface area contributed by atoms with Crippen molar-refractivity contribution in [2.75, 3.05) is 6.54 Å². The van der Waals surface area contributed by atoms with E-state index < -0.39 is 0 Å². The molecule has 3 unspecified atom stereocenters. The lowest BCUT2D eigenvalue weighted by molar-refractivity contribution is 0.474. The number of hydrogen-bond donors (Lipinski definition) is 1. The summed E-state index contributed by atoms with van der Waals surface area (Å²) in [5.41, 5.74) is 2.98. The van der Waals surface area contributed by atoms with Crippen molar-refractivity contribution in [1.29, 1.82) is 0 Å². The first-order chi connectivity index (χ1) is 9.40. The minimum Gasteiger partial charge on any atom is -0.310 e. The lowest BCUT2D eigenvalue weighted by Crippen LogP contribution is -2.23. The Kier molecular flexibility index (Phi) is 4.00. The second-order valence-electron chi connectivity index (χ2n) is 5.41. The molecular weight excluding hydrogens is 250 g/mol. The van der Waals surface area contributed by atoms with E-state index in [1.165, 1.54) is 24.0 Å². The van der Waals surface area contributed by atoms with Crippen LogP contribution in [0, 0.1) is 5.92 Å². The van der Waals surface area contributed by atoms with Gasteiger partial charge in [0.25, 0.3) is 0 Å². The Morgan fingerprint density at radius 2 is 2.11 bits per heavy atom. The molecule has 0 amide bonds. The zero-order chi connectivity index (χ0) is 13.1. The van der Waals surface area contributed by atoms with Crippen LogP contribution in [0.1, 0.15) is 42.9 Å². The molecule has 2 heteroatoms. The van der Waals surface area contributed by atoms with Crippen molar-refractivity contribution < 1.29 is 0 Å². The van der Waals surface area contributed by atoms with Crippen LogP contribution in [0.25, 0.3) is 0 Å². The second kappa shape index (κ2) is 5.89. The summed E-state index contributed by atoms with van der Waals surface area (Å²) in [6.45, 7) is 3.35. The monoisotopic (exact) mass is 271 g/mol. The van der Waals surface area contributed by atoms with Crippen LogP contribution in [0.5, 0.6) is 0 Å². The smallest absolute Gasteiger partial charge is 0.0362 e. The van der Waals surface area contributed by atoms with E-state index in [4.69, 9.17) is 0 Å². The van der Waals surface area contributed by atoms with Gasteiger partial charge in [0.2, 0.25) is 0 Å². The van der Waals surface area contributed by atoms with Gasteiger partial charge >= 0.3 is 0 Å². The van der Waals surface area contributed by atoms with Crippen LogP contribution in [-0.2, 0) is 0 Å². The lowest BCUT2D eigenvalue weighted by atomic mass is 10.0. The molecule has 0 bridgehead atoms. The first-order valence-corrected chi connectivity index (χ1v) is 8.15. The number of hydrogen-bond acceptors (Lipinski definition) is 2. The summed E-state index contributed by atoms with van der Waals surface area (Å²) in [6.07, 6.45) is 2.52. The molecule has 1 nitrogen and oxygen atoms in total. The molecule has 0 spiro atoms. The van der Waals surface area contributed by atoms with Gasteiger partial charge in [-0.25, -0.2) is 0 Å². The zero-order valence-electron chi connectivity index (χ0n) is 11.4. The van der Waals surface area contributed by atoms with Crippen molar-refractivity contribution in [3.63, 3.8) is 0 Å². The molecule has 1 heterocycles. The predicted octanol–water partition coefficient (Wildman–Crippen LogP) is 4.59. The summed E-state index contributed by atoms with van der Waals surface area (Å²) >= 11 is 1.80. The zero-order valence-corrected chi connectivity index (χ0v) is 12.2. The third-order valence-electron chi connectivity index (χ3n) is 4.01. The summed E-state index contributed by atoms with van der Waals surface area (Å²) in [5.74, 6) is 1.51. The minimum atomic E-state index is 0.538. The standard InChI is InChI=1S/C17H21NS/c1-2-9-18-17(14-8-10-19-12-14)16-11-15(16)13-6-4-3-5-7-13/h3-8,10,12,15-18H,2,9,11H2,1H3. The van der Waals surface area contributed by atoms with E-state index in [-0.39, 0.29) is 0 Å². The Balaban J connectivity index is 1.72. The van der Waals surface area contributed by atoms with Crippen LogP contribution in [0.2, 0.25) is 0 Å². The Labute approximate surface area is 119 Å². The van der Waals surface area contributed by atoms with Crippen molar-refractivity contribution in [1.82, 2.24) is 5.32 Å². The highest BCUT2D eigenvalue weighted by atomic mass is 32.1. The fourth-order valence-electron chi connectivity index (χ4n) is 2.93. The average molecular weight is 271 g/mol. The van der Waals surface area contributed by atoms with Gasteiger partial charge in [-0.3, -0.25) is 0 Å². The van der Waals surface area contributed by atoms with Gasteiger partial charge in [0.1, 0.15) is 0 Å². The molecule has 19 heavy (non-hydrogen) atoms. The Hall–Kier alpha value is -1.12. The Bertz CT molecular complexity index is 491. The van der Waals surface area contributed by atoms with Gasteiger partial charge in [-0.2, -0.15) is 11.3 Å². The molecule has 100 valence electrons. The van der Waals surface area contributed by atoms with E-state index >= 15 is 0 Å². The SMILES string of the molecule is CCCNC(c1ccsc1)C1CC1c1ccccc1. The Morgan fingerprint density at radius 3 is 2.79 bits per heavy atom. The first-order valence-electron chi connectivity index (χ1n) is 7.20. The Morgan fingerprint density at radius 1 is 1.26 bits per heavy atom. The van der Waals surface area contributed by atoms with Crippen molar-refractivity contribution in [2.24, 2.45) is 5.92 Å². The number of benzene rings is 1. The molecular formula is C17H21NS.